The number of nitrogens with zero attached hydrogens (tertiary/aromatic N) is 5. The topological polar surface area (TPSA) is 198 Å². The van der Waals surface area contributed by atoms with Gasteiger partial charge in [0, 0.05) is 18.1 Å². The Hall–Kier alpha value is -4.03. The molecule has 15 nitrogen and oxygen atoms in total. The van der Waals surface area contributed by atoms with Gasteiger partial charge in [0.05, 0.1) is 11.1 Å². The fraction of sp³-hybridized carbons (Fsp3) is 0.391. The quantitative estimate of drug-likeness (QED) is 0.136. The highest BCUT2D eigenvalue weighted by Gasteiger charge is 2.54. The van der Waals surface area contributed by atoms with E-state index in [1.54, 1.807) is 38.3 Å². The zero-order valence-electron chi connectivity index (χ0n) is 22.1. The largest absolute Gasteiger partial charge is 0.511 e. The normalized spacial score (nSPS) is 19.5. The average Bonchev–Trinajstić information content (AvgIpc) is 3.55. The minimum absolute atomic E-state index is 0.0542. The second-order valence-electron chi connectivity index (χ2n) is 9.34. The molecule has 4 rings (SSSR count). The number of esters is 1. The first kappa shape index (κ1) is 29.9. The minimum atomic E-state index is -1.32. The van der Waals surface area contributed by atoms with E-state index in [0.29, 0.717) is 17.0 Å². The number of carbonyl (C=O) groups excluding carboxylic acids is 4. The lowest BCUT2D eigenvalue weighted by molar-refractivity contribution is -0.170. The molecule has 3 N–H and O–H groups in total. The number of amides is 2. The van der Waals surface area contributed by atoms with E-state index in [1.165, 1.54) is 29.0 Å². The lowest BCUT2D eigenvalue weighted by Gasteiger charge is -2.49. The third kappa shape index (κ3) is 7.80. The molecule has 0 aromatic carbocycles. The zero-order valence-corrected chi connectivity index (χ0v) is 24.6. The number of nitrogens with one attached hydrogen (secondary N) is 1. The van der Waals surface area contributed by atoms with Crippen LogP contribution < -0.4 is 15.9 Å². The van der Waals surface area contributed by atoms with Crippen LogP contribution in [0, 0.1) is 0 Å². The van der Waals surface area contributed by atoms with E-state index in [9.17, 15) is 19.2 Å². The van der Waals surface area contributed by atoms with Gasteiger partial charge in [0.15, 0.2) is 5.13 Å². The van der Waals surface area contributed by atoms with E-state index >= 15 is 0 Å². The van der Waals surface area contributed by atoms with Gasteiger partial charge < -0.3 is 30.1 Å². The Balaban J connectivity index is 1.46. The molecule has 0 bridgehead atoms. The highest BCUT2D eigenvalue weighted by Crippen LogP contribution is 2.41. The molecule has 1 fully saturated rings. The van der Waals surface area contributed by atoms with Gasteiger partial charge in [0.2, 0.25) is 6.29 Å². The van der Waals surface area contributed by atoms with Crippen LogP contribution in [0.5, 0.6) is 5.88 Å². The number of oxime groups is 1. The van der Waals surface area contributed by atoms with E-state index in [1.807, 2.05) is 0 Å². The number of allylic oxidation sites excluding steroid dienone is 1. The lowest BCUT2D eigenvalue weighted by atomic mass is 10.0. The maximum absolute atomic E-state index is 13.3. The molecule has 18 heteroatoms. The summed E-state index contributed by atoms with van der Waals surface area (Å²) in [5.41, 5.74) is 5.67. The summed E-state index contributed by atoms with van der Waals surface area (Å²) in [6.07, 6.45) is 1.79. The number of fused-ring (bicyclic) bond motifs is 1. The molecule has 2 aromatic rings. The highest BCUT2D eigenvalue weighted by atomic mass is 32.2. The van der Waals surface area contributed by atoms with Crippen molar-refractivity contribution < 1.29 is 38.2 Å². The monoisotopic (exact) mass is 623 g/mol. The molecule has 2 aromatic heterocycles. The van der Waals surface area contributed by atoms with Crippen LogP contribution in [0.15, 0.2) is 33.3 Å². The molecule has 2 aliphatic rings. The molecule has 3 unspecified atom stereocenters. The van der Waals surface area contributed by atoms with Gasteiger partial charge in [-0.25, -0.2) is 9.59 Å². The van der Waals surface area contributed by atoms with Crippen molar-refractivity contribution in [1.82, 2.24) is 24.8 Å². The second-order valence-corrected chi connectivity index (χ2v) is 11.9. The van der Waals surface area contributed by atoms with E-state index in [0.717, 1.165) is 29.1 Å². The molecule has 0 aliphatic carbocycles. The number of carbonyl (C=O) groups is 4. The number of β-lactam (4-membered cyclic amide) rings is 1. The molecule has 1 saturated heterocycles. The number of thioether (sulfide) groups is 1. The Kier molecular flexibility index (Phi) is 9.24. The first-order valence-corrected chi connectivity index (χ1v) is 14.6. The van der Waals surface area contributed by atoms with E-state index in [4.69, 9.17) is 24.8 Å². The second kappa shape index (κ2) is 12.6. The number of rotatable bonds is 9. The molecule has 4 heterocycles. The molecule has 218 valence electrons. The Morgan fingerprint density at radius 3 is 2.68 bits per heavy atom. The van der Waals surface area contributed by atoms with Crippen molar-refractivity contribution in [3.05, 3.63) is 33.8 Å². The number of hydrogen-bond acceptors (Lipinski definition) is 16. The molecule has 3 atom stereocenters. The molecule has 0 spiro atoms. The highest BCUT2D eigenvalue weighted by molar-refractivity contribution is 8.00. The van der Waals surface area contributed by atoms with Gasteiger partial charge in [0.25, 0.3) is 17.7 Å². The number of hydrogen-bond donors (Lipinski definition) is 2. The van der Waals surface area contributed by atoms with Crippen LogP contribution in [0.2, 0.25) is 0 Å². The maximum atomic E-state index is 13.3. The van der Waals surface area contributed by atoms with Crippen molar-refractivity contribution in [2.24, 2.45) is 5.16 Å². The van der Waals surface area contributed by atoms with Crippen molar-refractivity contribution in [3.8, 4) is 5.88 Å². The zero-order chi connectivity index (χ0) is 29.7. The van der Waals surface area contributed by atoms with Crippen molar-refractivity contribution in [3.63, 3.8) is 0 Å². The number of anilines is 1. The predicted molar refractivity (Wildman–Crippen MR) is 150 cm³/mol. The summed E-state index contributed by atoms with van der Waals surface area (Å²) in [5, 5.41) is 12.9. The predicted octanol–water partition coefficient (Wildman–Crippen LogP) is 2.15. The minimum Gasteiger partial charge on any atom is -0.428 e. The number of thiazole rings is 1. The summed E-state index contributed by atoms with van der Waals surface area (Å²) in [7, 11) is 0. The average molecular weight is 624 g/mol. The van der Waals surface area contributed by atoms with Crippen molar-refractivity contribution in [1.29, 1.82) is 0 Å². The van der Waals surface area contributed by atoms with Gasteiger partial charge in [-0.2, -0.15) is 4.98 Å². The van der Waals surface area contributed by atoms with Crippen LogP contribution in [0.1, 0.15) is 33.4 Å². The van der Waals surface area contributed by atoms with Gasteiger partial charge in [-0.1, -0.05) is 15.7 Å². The number of aromatic nitrogens is 3. The molecular weight excluding hydrogens is 598 g/mol. The van der Waals surface area contributed by atoms with Gasteiger partial charge in [-0.15, -0.1) is 28.2 Å². The Labute approximate surface area is 245 Å². The van der Waals surface area contributed by atoms with Crippen molar-refractivity contribution >= 4 is 76.0 Å². The maximum Gasteiger partial charge on any atom is 0.511 e. The van der Waals surface area contributed by atoms with Crippen LogP contribution in [0.3, 0.4) is 0 Å². The molecule has 41 heavy (non-hydrogen) atoms. The summed E-state index contributed by atoms with van der Waals surface area (Å²) in [6.45, 7) is 6.32. The molecule has 2 aliphatic heterocycles. The number of nitrogen functional groups attached to an aromatic ring is 1. The van der Waals surface area contributed by atoms with E-state index in [2.05, 4.69) is 25.0 Å². The van der Waals surface area contributed by atoms with Crippen LogP contribution in [0.4, 0.5) is 9.93 Å². The summed E-state index contributed by atoms with van der Waals surface area (Å²) < 4.78 is 19.2. The first-order chi connectivity index (χ1) is 19.4. The van der Waals surface area contributed by atoms with Crippen molar-refractivity contribution in [2.75, 3.05) is 11.5 Å². The van der Waals surface area contributed by atoms with Crippen LogP contribution in [0.25, 0.3) is 6.08 Å². The van der Waals surface area contributed by atoms with Gasteiger partial charge >= 0.3 is 12.1 Å². The lowest BCUT2D eigenvalue weighted by Crippen LogP contribution is -2.70. The number of nitrogens with two attached hydrogens (primary N) is 1. The molecular formula is C23H25N7O8S3. The molecule has 0 saturated carbocycles. The fourth-order valence-corrected chi connectivity index (χ4v) is 5.66. The Bertz CT molecular complexity index is 1400. The summed E-state index contributed by atoms with van der Waals surface area (Å²) >= 11 is 3.63. The van der Waals surface area contributed by atoms with E-state index < -0.39 is 47.2 Å². The third-order valence-electron chi connectivity index (χ3n) is 5.06. The summed E-state index contributed by atoms with van der Waals surface area (Å²) in [5.74, 6) is -1.73. The molecule has 2 amide bonds. The van der Waals surface area contributed by atoms with Gasteiger partial charge in [-0.3, -0.25) is 14.5 Å². The van der Waals surface area contributed by atoms with E-state index in [-0.39, 0.29) is 16.7 Å². The standard InChI is InChI=1S/C23H25N7O8S3/c1-11(36-22(34)37-23(2,3)4)35-20(33)17-12(5-6-13-9-41-29-28-13)8-39-19-16(18(32)30(17)19)26-14(31)7-25-38-15-10-40-21(24)27-15/h5-7,9-11,16,19H,8H2,1-4H3,(H2,24,27)(H,26,31)/b6-5-,25-7-. The third-order valence-corrected chi connectivity index (χ3v) is 7.54. The number of ether oxygens (including phenoxy) is 3. The summed E-state index contributed by atoms with van der Waals surface area (Å²) in [6, 6.07) is -0.944. The summed E-state index contributed by atoms with van der Waals surface area (Å²) in [4.78, 5) is 60.8. The SMILES string of the molecule is CC(OC(=O)OC(C)(C)C)OC(=O)C1=C(/C=C\c2csnn2)CSC2C(NC(=O)/C=N\Oc3csc(N)n3)C(=O)N12. The molecule has 0 radical (unpaired) electrons. The van der Waals surface area contributed by atoms with Crippen LogP contribution in [-0.2, 0) is 28.6 Å². The van der Waals surface area contributed by atoms with Crippen molar-refractivity contribution in [2.45, 2.75) is 51.0 Å². The Morgan fingerprint density at radius 1 is 1.24 bits per heavy atom. The first-order valence-electron chi connectivity index (χ1n) is 11.9. The van der Waals surface area contributed by atoms with Crippen LogP contribution >= 0.6 is 34.6 Å². The fourth-order valence-electron chi connectivity index (χ4n) is 3.46. The van der Waals surface area contributed by atoms with Crippen LogP contribution in [-0.4, -0.2) is 78.7 Å². The van der Waals surface area contributed by atoms with Gasteiger partial charge in [-0.05, 0) is 44.0 Å². The smallest absolute Gasteiger partial charge is 0.428 e. The van der Waals surface area contributed by atoms with Gasteiger partial charge in [0.1, 0.15) is 28.9 Å². The Morgan fingerprint density at radius 2 is 2.02 bits per heavy atom.